The Hall–Kier alpha value is -0.610. The third-order valence-corrected chi connectivity index (χ3v) is 4.75. The number of amides is 1. The molecule has 2 fully saturated rings. The zero-order chi connectivity index (χ0) is 13.0. The molecule has 1 saturated carbocycles. The van der Waals surface area contributed by atoms with Crippen LogP contribution in [0.25, 0.3) is 0 Å². The second-order valence-corrected chi connectivity index (χ2v) is 5.88. The summed E-state index contributed by atoms with van der Waals surface area (Å²) < 4.78 is 0. The largest absolute Gasteiger partial charge is 0.394 e. The minimum absolute atomic E-state index is 0.0316. The molecule has 0 bridgehead atoms. The molecule has 0 aromatic rings. The van der Waals surface area contributed by atoms with Gasteiger partial charge in [-0.05, 0) is 25.7 Å². The highest BCUT2D eigenvalue weighted by Crippen LogP contribution is 2.37. The Morgan fingerprint density at radius 1 is 1.22 bits per heavy atom. The lowest BCUT2D eigenvalue weighted by atomic mass is 9.79. The van der Waals surface area contributed by atoms with Crippen molar-refractivity contribution in [2.45, 2.75) is 57.4 Å². The average Bonchev–Trinajstić information content (AvgIpc) is 2.74. The lowest BCUT2D eigenvalue weighted by Gasteiger charge is -2.36. The smallest absolute Gasteiger partial charge is 0.230 e. The van der Waals surface area contributed by atoms with Crippen LogP contribution in [0.1, 0.15) is 51.4 Å². The maximum Gasteiger partial charge on any atom is 0.230 e. The van der Waals surface area contributed by atoms with E-state index in [1.54, 1.807) is 0 Å². The van der Waals surface area contributed by atoms with E-state index < -0.39 is 0 Å². The van der Waals surface area contributed by atoms with E-state index in [1.807, 2.05) is 4.90 Å². The summed E-state index contributed by atoms with van der Waals surface area (Å²) in [5.74, 6) is 0.212. The Morgan fingerprint density at radius 3 is 2.44 bits per heavy atom. The first-order valence-corrected chi connectivity index (χ1v) is 7.35. The van der Waals surface area contributed by atoms with Crippen molar-refractivity contribution in [3.63, 3.8) is 0 Å². The normalized spacial score (nSPS) is 28.1. The summed E-state index contributed by atoms with van der Waals surface area (Å²) >= 11 is 0. The standard InChI is InChI=1S/C14H26N2O2/c15-11-14(7-3-1-2-4-8-14)13(18)16-9-5-6-12(16)10-17/h12,17H,1-11,15H2. The summed E-state index contributed by atoms with van der Waals surface area (Å²) in [5.41, 5.74) is 5.61. The molecule has 1 unspecified atom stereocenters. The van der Waals surface area contributed by atoms with Gasteiger partial charge in [0.1, 0.15) is 0 Å². The molecule has 1 aliphatic heterocycles. The Kier molecular flexibility index (Phi) is 4.62. The Bertz CT molecular complexity index is 286. The van der Waals surface area contributed by atoms with Crippen molar-refractivity contribution in [3.8, 4) is 0 Å². The Morgan fingerprint density at radius 2 is 1.89 bits per heavy atom. The first-order valence-electron chi connectivity index (χ1n) is 7.35. The van der Waals surface area contributed by atoms with Gasteiger partial charge in [0, 0.05) is 13.1 Å². The second kappa shape index (κ2) is 6.02. The molecule has 0 aromatic carbocycles. The highest BCUT2D eigenvalue weighted by molar-refractivity contribution is 5.83. The number of aliphatic hydroxyl groups excluding tert-OH is 1. The molecule has 104 valence electrons. The lowest BCUT2D eigenvalue weighted by Crippen LogP contribution is -2.50. The van der Waals surface area contributed by atoms with Gasteiger partial charge < -0.3 is 15.7 Å². The van der Waals surface area contributed by atoms with Crippen LogP contribution < -0.4 is 5.73 Å². The molecule has 0 radical (unpaired) electrons. The van der Waals surface area contributed by atoms with Crippen LogP contribution in [0, 0.1) is 5.41 Å². The predicted octanol–water partition coefficient (Wildman–Crippen LogP) is 1.27. The molecule has 4 heteroatoms. The van der Waals surface area contributed by atoms with Gasteiger partial charge in [0.25, 0.3) is 0 Å². The number of hydrogen-bond donors (Lipinski definition) is 2. The van der Waals surface area contributed by atoms with Crippen LogP contribution in [-0.2, 0) is 4.79 Å². The number of likely N-dealkylation sites (tertiary alicyclic amines) is 1. The van der Waals surface area contributed by atoms with E-state index in [0.717, 1.165) is 45.1 Å². The van der Waals surface area contributed by atoms with E-state index >= 15 is 0 Å². The van der Waals surface area contributed by atoms with E-state index in [9.17, 15) is 9.90 Å². The molecule has 0 spiro atoms. The van der Waals surface area contributed by atoms with E-state index in [0.29, 0.717) is 6.54 Å². The number of nitrogens with two attached hydrogens (primary N) is 1. The molecule has 1 saturated heterocycles. The quantitative estimate of drug-likeness (QED) is 0.745. The highest BCUT2D eigenvalue weighted by atomic mass is 16.3. The number of carbonyl (C=O) groups excluding carboxylic acids is 1. The molecular formula is C14H26N2O2. The van der Waals surface area contributed by atoms with Crippen molar-refractivity contribution in [1.29, 1.82) is 0 Å². The zero-order valence-corrected chi connectivity index (χ0v) is 11.2. The zero-order valence-electron chi connectivity index (χ0n) is 11.2. The second-order valence-electron chi connectivity index (χ2n) is 5.88. The molecule has 2 aliphatic rings. The van der Waals surface area contributed by atoms with Gasteiger partial charge in [0.15, 0.2) is 0 Å². The van der Waals surface area contributed by atoms with Crippen molar-refractivity contribution in [1.82, 2.24) is 4.90 Å². The van der Waals surface area contributed by atoms with Gasteiger partial charge in [0.2, 0.25) is 5.91 Å². The van der Waals surface area contributed by atoms with E-state index in [4.69, 9.17) is 5.73 Å². The average molecular weight is 254 g/mol. The number of nitrogens with zero attached hydrogens (tertiary/aromatic N) is 1. The molecule has 1 atom stereocenters. The fourth-order valence-corrected chi connectivity index (χ4v) is 3.51. The molecule has 1 heterocycles. The summed E-state index contributed by atoms with van der Waals surface area (Å²) in [7, 11) is 0. The predicted molar refractivity (Wildman–Crippen MR) is 71.0 cm³/mol. The molecule has 4 nitrogen and oxygen atoms in total. The molecule has 3 N–H and O–H groups in total. The highest BCUT2D eigenvalue weighted by Gasteiger charge is 2.42. The summed E-state index contributed by atoms with van der Waals surface area (Å²) in [6, 6.07) is 0.0316. The molecule has 2 rings (SSSR count). The van der Waals surface area contributed by atoms with Crippen LogP contribution in [0.3, 0.4) is 0 Å². The van der Waals surface area contributed by atoms with Crippen LogP contribution >= 0.6 is 0 Å². The van der Waals surface area contributed by atoms with Crippen LogP contribution in [-0.4, -0.2) is 41.7 Å². The van der Waals surface area contributed by atoms with Crippen molar-refractivity contribution < 1.29 is 9.90 Å². The minimum atomic E-state index is -0.339. The van der Waals surface area contributed by atoms with Crippen molar-refractivity contribution in [2.75, 3.05) is 19.7 Å². The lowest BCUT2D eigenvalue weighted by molar-refractivity contribution is -0.144. The maximum absolute atomic E-state index is 12.8. The first kappa shape index (κ1) is 13.8. The first-order chi connectivity index (χ1) is 8.73. The van der Waals surface area contributed by atoms with Crippen molar-refractivity contribution in [3.05, 3.63) is 0 Å². The van der Waals surface area contributed by atoms with E-state index in [-0.39, 0.29) is 24.0 Å². The number of carbonyl (C=O) groups is 1. The van der Waals surface area contributed by atoms with Gasteiger partial charge in [-0.3, -0.25) is 4.79 Å². The van der Waals surface area contributed by atoms with Gasteiger partial charge in [-0.25, -0.2) is 0 Å². The third-order valence-electron chi connectivity index (χ3n) is 4.75. The molecular weight excluding hydrogens is 228 g/mol. The van der Waals surface area contributed by atoms with Crippen LogP contribution in [0.5, 0.6) is 0 Å². The Labute approximate surface area is 110 Å². The van der Waals surface area contributed by atoms with Crippen molar-refractivity contribution >= 4 is 5.91 Å². The Balaban J connectivity index is 2.12. The number of aliphatic hydroxyl groups is 1. The minimum Gasteiger partial charge on any atom is -0.394 e. The number of hydrogen-bond acceptors (Lipinski definition) is 3. The SMILES string of the molecule is NCC1(C(=O)N2CCCC2CO)CCCCCC1. The van der Waals surface area contributed by atoms with E-state index in [2.05, 4.69) is 0 Å². The van der Waals surface area contributed by atoms with Gasteiger partial charge in [-0.1, -0.05) is 25.7 Å². The topological polar surface area (TPSA) is 66.6 Å². The molecule has 0 aromatic heterocycles. The fourth-order valence-electron chi connectivity index (χ4n) is 3.51. The van der Waals surface area contributed by atoms with Crippen LogP contribution in [0.4, 0.5) is 0 Å². The monoisotopic (exact) mass is 254 g/mol. The van der Waals surface area contributed by atoms with Gasteiger partial charge in [-0.15, -0.1) is 0 Å². The van der Waals surface area contributed by atoms with Crippen LogP contribution in [0.2, 0.25) is 0 Å². The number of rotatable bonds is 3. The maximum atomic E-state index is 12.8. The van der Waals surface area contributed by atoms with Crippen LogP contribution in [0.15, 0.2) is 0 Å². The summed E-state index contributed by atoms with van der Waals surface area (Å²) in [6.45, 7) is 1.35. The summed E-state index contributed by atoms with van der Waals surface area (Å²) in [6.07, 6.45) is 8.46. The summed E-state index contributed by atoms with van der Waals surface area (Å²) in [5, 5.41) is 9.37. The molecule has 1 aliphatic carbocycles. The van der Waals surface area contributed by atoms with Gasteiger partial charge in [0.05, 0.1) is 18.1 Å². The van der Waals surface area contributed by atoms with Gasteiger partial charge >= 0.3 is 0 Å². The van der Waals surface area contributed by atoms with Gasteiger partial charge in [-0.2, -0.15) is 0 Å². The molecule has 18 heavy (non-hydrogen) atoms. The fraction of sp³-hybridized carbons (Fsp3) is 0.929. The summed E-state index contributed by atoms with van der Waals surface area (Å²) in [4.78, 5) is 14.7. The van der Waals surface area contributed by atoms with Crippen molar-refractivity contribution in [2.24, 2.45) is 11.1 Å². The van der Waals surface area contributed by atoms with E-state index in [1.165, 1.54) is 12.8 Å². The molecule has 1 amide bonds. The third kappa shape index (κ3) is 2.54.